The van der Waals surface area contributed by atoms with Crippen LogP contribution in [0.15, 0.2) is 18.2 Å². The predicted octanol–water partition coefficient (Wildman–Crippen LogP) is 1.11. The largest absolute Gasteiger partial charge is 0.354 e. The minimum absolute atomic E-state index is 0.00321. The number of hydrogen-bond acceptors (Lipinski definition) is 5. The van der Waals surface area contributed by atoms with Crippen LogP contribution in [-0.4, -0.2) is 40.1 Å². The van der Waals surface area contributed by atoms with E-state index in [0.29, 0.717) is 0 Å². The first-order valence-electron chi connectivity index (χ1n) is 6.76. The Kier molecular flexibility index (Phi) is 4.20. The number of hydrogen-bond donors (Lipinski definition) is 1. The van der Waals surface area contributed by atoms with Crippen LogP contribution in [0.4, 0.5) is 5.69 Å². The van der Waals surface area contributed by atoms with Gasteiger partial charge in [0, 0.05) is 25.1 Å². The molecule has 1 aromatic carbocycles. The molecule has 1 aliphatic heterocycles. The Labute approximate surface area is 126 Å². The standard InChI is InChI=1S/C14H15N3O5/c1-8(2)15-11(18)6-7-16-13(19)9-4-3-5-10(17(21)22)12(9)14(16)20/h3-5,8H,6-7H2,1-2H3,(H,15,18). The van der Waals surface area contributed by atoms with Crippen molar-refractivity contribution in [2.24, 2.45) is 0 Å². The maximum Gasteiger partial charge on any atom is 0.282 e. The molecule has 0 saturated carbocycles. The highest BCUT2D eigenvalue weighted by molar-refractivity contribution is 6.23. The number of imide groups is 1. The van der Waals surface area contributed by atoms with Crippen molar-refractivity contribution in [1.82, 2.24) is 10.2 Å². The molecule has 0 aromatic heterocycles. The van der Waals surface area contributed by atoms with E-state index >= 15 is 0 Å². The smallest absolute Gasteiger partial charge is 0.282 e. The number of nitrogens with one attached hydrogen (secondary N) is 1. The van der Waals surface area contributed by atoms with Crippen molar-refractivity contribution in [2.45, 2.75) is 26.3 Å². The highest BCUT2D eigenvalue weighted by Crippen LogP contribution is 2.30. The van der Waals surface area contributed by atoms with Crippen molar-refractivity contribution in [3.05, 3.63) is 39.4 Å². The summed E-state index contributed by atoms with van der Waals surface area (Å²) in [6.07, 6.45) is -0.0442. The number of carbonyl (C=O) groups excluding carboxylic acids is 3. The minimum Gasteiger partial charge on any atom is -0.354 e. The van der Waals surface area contributed by atoms with E-state index < -0.39 is 22.4 Å². The third kappa shape index (κ3) is 2.80. The molecule has 0 atom stereocenters. The van der Waals surface area contributed by atoms with Crippen LogP contribution in [0.1, 0.15) is 41.0 Å². The van der Waals surface area contributed by atoms with Gasteiger partial charge in [0.15, 0.2) is 0 Å². The summed E-state index contributed by atoms with van der Waals surface area (Å²) in [7, 11) is 0. The Balaban J connectivity index is 2.19. The normalized spacial score (nSPS) is 13.5. The molecule has 0 saturated heterocycles. The summed E-state index contributed by atoms with van der Waals surface area (Å²) in [6.45, 7) is 3.48. The van der Waals surface area contributed by atoms with Crippen molar-refractivity contribution in [3.63, 3.8) is 0 Å². The molecule has 8 nitrogen and oxygen atoms in total. The van der Waals surface area contributed by atoms with Crippen LogP contribution in [0, 0.1) is 10.1 Å². The molecule has 0 spiro atoms. The molecule has 0 radical (unpaired) electrons. The van der Waals surface area contributed by atoms with Crippen LogP contribution in [0.5, 0.6) is 0 Å². The van der Waals surface area contributed by atoms with Gasteiger partial charge < -0.3 is 5.32 Å². The number of amides is 3. The third-order valence-electron chi connectivity index (χ3n) is 3.19. The lowest BCUT2D eigenvalue weighted by atomic mass is 10.1. The molecule has 22 heavy (non-hydrogen) atoms. The first kappa shape index (κ1) is 15.6. The van der Waals surface area contributed by atoms with Gasteiger partial charge in [0.2, 0.25) is 5.91 Å². The fourth-order valence-electron chi connectivity index (χ4n) is 2.28. The molecule has 0 aliphatic carbocycles. The van der Waals surface area contributed by atoms with Gasteiger partial charge in [0.25, 0.3) is 17.5 Å². The number of fused-ring (bicyclic) bond motifs is 1. The fraction of sp³-hybridized carbons (Fsp3) is 0.357. The number of nitro benzene ring substituents is 1. The molecule has 1 N–H and O–H groups in total. The second-order valence-electron chi connectivity index (χ2n) is 5.19. The monoisotopic (exact) mass is 305 g/mol. The number of nitro groups is 1. The van der Waals surface area contributed by atoms with Crippen LogP contribution < -0.4 is 5.32 Å². The molecule has 2 rings (SSSR count). The average Bonchev–Trinajstić information content (AvgIpc) is 2.68. The van der Waals surface area contributed by atoms with Crippen LogP contribution in [-0.2, 0) is 4.79 Å². The molecule has 3 amide bonds. The lowest BCUT2D eigenvalue weighted by molar-refractivity contribution is -0.385. The first-order chi connectivity index (χ1) is 10.3. The third-order valence-corrected chi connectivity index (χ3v) is 3.19. The second kappa shape index (κ2) is 5.92. The summed E-state index contributed by atoms with van der Waals surface area (Å²) in [5, 5.41) is 13.6. The zero-order chi connectivity index (χ0) is 16.4. The number of benzene rings is 1. The second-order valence-corrected chi connectivity index (χ2v) is 5.19. The summed E-state index contributed by atoms with van der Waals surface area (Å²) in [5.74, 6) is -1.63. The van der Waals surface area contributed by atoms with Gasteiger partial charge in [0.05, 0.1) is 10.5 Å². The quantitative estimate of drug-likeness (QED) is 0.497. The van der Waals surface area contributed by atoms with Crippen LogP contribution in [0.3, 0.4) is 0 Å². The molecule has 1 heterocycles. The van der Waals surface area contributed by atoms with Crippen molar-refractivity contribution in [2.75, 3.05) is 6.54 Å². The Bertz CT molecular complexity index is 668. The van der Waals surface area contributed by atoms with Gasteiger partial charge in [-0.3, -0.25) is 29.4 Å². The van der Waals surface area contributed by atoms with E-state index in [1.54, 1.807) is 13.8 Å². The molecule has 0 bridgehead atoms. The van der Waals surface area contributed by atoms with Gasteiger partial charge in [-0.1, -0.05) is 6.07 Å². The molecule has 0 unspecified atom stereocenters. The molecular weight excluding hydrogens is 290 g/mol. The van der Waals surface area contributed by atoms with E-state index in [2.05, 4.69) is 5.32 Å². The van der Waals surface area contributed by atoms with Gasteiger partial charge in [-0.25, -0.2) is 0 Å². The van der Waals surface area contributed by atoms with E-state index in [-0.39, 0.29) is 36.0 Å². The molecule has 0 fully saturated rings. The Morgan fingerprint density at radius 1 is 1.32 bits per heavy atom. The summed E-state index contributed by atoms with van der Waals surface area (Å²) in [6, 6.07) is 3.86. The van der Waals surface area contributed by atoms with Gasteiger partial charge in [-0.2, -0.15) is 0 Å². The zero-order valence-electron chi connectivity index (χ0n) is 12.2. The SMILES string of the molecule is CC(C)NC(=O)CCN1C(=O)c2cccc([N+](=O)[O-])c2C1=O. The summed E-state index contributed by atoms with van der Waals surface area (Å²) < 4.78 is 0. The van der Waals surface area contributed by atoms with Gasteiger partial charge in [-0.15, -0.1) is 0 Å². The molecule has 116 valence electrons. The highest BCUT2D eigenvalue weighted by Gasteiger charge is 2.40. The summed E-state index contributed by atoms with van der Waals surface area (Å²) in [5.41, 5.74) is -0.602. The highest BCUT2D eigenvalue weighted by atomic mass is 16.6. The lowest BCUT2D eigenvalue weighted by Gasteiger charge is -2.14. The molecule has 1 aromatic rings. The lowest BCUT2D eigenvalue weighted by Crippen LogP contribution is -2.36. The van der Waals surface area contributed by atoms with Gasteiger partial charge in [0.1, 0.15) is 5.56 Å². The number of rotatable bonds is 5. The van der Waals surface area contributed by atoms with Gasteiger partial charge >= 0.3 is 0 Å². The van der Waals surface area contributed by atoms with E-state index in [1.165, 1.54) is 18.2 Å². The van der Waals surface area contributed by atoms with Crippen LogP contribution in [0.2, 0.25) is 0 Å². The maximum absolute atomic E-state index is 12.2. The van der Waals surface area contributed by atoms with Gasteiger partial charge in [-0.05, 0) is 19.9 Å². The van der Waals surface area contributed by atoms with Crippen molar-refractivity contribution >= 4 is 23.4 Å². The minimum atomic E-state index is -0.732. The van der Waals surface area contributed by atoms with Crippen LogP contribution >= 0.6 is 0 Å². The Morgan fingerprint density at radius 2 is 2.00 bits per heavy atom. The zero-order valence-corrected chi connectivity index (χ0v) is 12.2. The molecule has 8 heteroatoms. The van der Waals surface area contributed by atoms with Crippen LogP contribution in [0.25, 0.3) is 0 Å². The average molecular weight is 305 g/mol. The van der Waals surface area contributed by atoms with E-state index in [1.807, 2.05) is 0 Å². The summed E-state index contributed by atoms with van der Waals surface area (Å²) in [4.78, 5) is 47.2. The van der Waals surface area contributed by atoms with Crippen molar-refractivity contribution in [3.8, 4) is 0 Å². The Morgan fingerprint density at radius 3 is 2.59 bits per heavy atom. The molecule has 1 aliphatic rings. The number of carbonyl (C=O) groups is 3. The predicted molar refractivity (Wildman–Crippen MR) is 76.4 cm³/mol. The maximum atomic E-state index is 12.2. The topological polar surface area (TPSA) is 110 Å². The number of nitrogens with zero attached hydrogens (tertiary/aromatic N) is 2. The molecular formula is C14H15N3O5. The Hall–Kier alpha value is -2.77. The fourth-order valence-corrected chi connectivity index (χ4v) is 2.28. The first-order valence-corrected chi connectivity index (χ1v) is 6.76. The summed E-state index contributed by atoms with van der Waals surface area (Å²) >= 11 is 0. The van der Waals surface area contributed by atoms with E-state index in [9.17, 15) is 24.5 Å². The van der Waals surface area contributed by atoms with Crippen molar-refractivity contribution in [1.29, 1.82) is 0 Å². The van der Waals surface area contributed by atoms with E-state index in [4.69, 9.17) is 0 Å². The van der Waals surface area contributed by atoms with E-state index in [0.717, 1.165) is 4.90 Å². The van der Waals surface area contributed by atoms with Crippen molar-refractivity contribution < 1.29 is 19.3 Å².